The number of benzene rings is 1. The number of hydrogen-bond donors (Lipinski definition) is 0. The predicted molar refractivity (Wildman–Crippen MR) is 122 cm³/mol. The first kappa shape index (κ1) is 19.0. The van der Waals surface area contributed by atoms with Gasteiger partial charge >= 0.3 is 0 Å². The largest absolute Gasteiger partial charge is 0.378 e. The van der Waals surface area contributed by atoms with Crippen LogP contribution in [0.1, 0.15) is 31.2 Å². The Labute approximate surface area is 180 Å². The van der Waals surface area contributed by atoms with Crippen LogP contribution in [0.15, 0.2) is 35.2 Å². The van der Waals surface area contributed by atoms with Gasteiger partial charge in [-0.2, -0.15) is 0 Å². The Hall–Kier alpha value is -1.96. The van der Waals surface area contributed by atoms with Crippen molar-refractivity contribution >= 4 is 57.0 Å². The second kappa shape index (κ2) is 8.05. The number of thioether (sulfide) groups is 1. The molecule has 0 unspecified atom stereocenters. The molecule has 1 amide bonds. The molecule has 1 aromatic heterocycles. The van der Waals surface area contributed by atoms with Crippen LogP contribution in [0.3, 0.4) is 0 Å². The predicted octanol–water partition coefficient (Wildman–Crippen LogP) is 4.22. The third kappa shape index (κ3) is 3.67. The van der Waals surface area contributed by atoms with Crippen LogP contribution >= 0.6 is 24.0 Å². The van der Waals surface area contributed by atoms with Crippen LogP contribution < -0.4 is 4.90 Å². The van der Waals surface area contributed by atoms with Gasteiger partial charge in [0.2, 0.25) is 0 Å². The molecule has 0 N–H and O–H groups in total. The third-order valence-electron chi connectivity index (χ3n) is 5.84. The highest BCUT2D eigenvalue weighted by molar-refractivity contribution is 8.26. The summed E-state index contributed by atoms with van der Waals surface area (Å²) in [6, 6.07) is 10.5. The number of nitrogens with zero attached hydrogens (tertiary/aromatic N) is 3. The van der Waals surface area contributed by atoms with E-state index in [1.807, 2.05) is 29.2 Å². The van der Waals surface area contributed by atoms with E-state index in [4.69, 9.17) is 21.9 Å². The summed E-state index contributed by atoms with van der Waals surface area (Å²) >= 11 is 6.99. The van der Waals surface area contributed by atoms with Crippen LogP contribution in [-0.2, 0) is 9.53 Å². The Bertz CT molecular complexity index is 995. The van der Waals surface area contributed by atoms with Crippen molar-refractivity contribution in [3.8, 4) is 0 Å². The van der Waals surface area contributed by atoms with Crippen molar-refractivity contribution < 1.29 is 9.53 Å². The second-order valence-electron chi connectivity index (χ2n) is 7.68. The number of rotatable bonds is 3. The standard InChI is InChI=1S/C22H23N3O2S2/c26-21-19(29-22(28)25(21)17-6-2-3-7-17)14-16-13-15-5-1-4-8-18(15)23-20(16)24-9-11-27-12-10-24/h1,4-5,8,13-14,17H,2-3,6-7,9-12H2/b19-14+. The van der Waals surface area contributed by atoms with Gasteiger partial charge in [-0.3, -0.25) is 9.69 Å². The molecule has 3 heterocycles. The zero-order chi connectivity index (χ0) is 19.8. The minimum Gasteiger partial charge on any atom is -0.378 e. The molecule has 0 radical (unpaired) electrons. The molecule has 5 nitrogen and oxygen atoms in total. The molecule has 3 aliphatic rings. The number of carbonyl (C=O) groups is 1. The molecule has 1 aromatic carbocycles. The van der Waals surface area contributed by atoms with Crippen molar-refractivity contribution in [2.45, 2.75) is 31.7 Å². The normalized spacial score (nSPS) is 22.4. The SMILES string of the molecule is O=C1/C(=C\c2cc3ccccc3nc2N2CCOCC2)SC(=S)N1C1CCCC1. The van der Waals surface area contributed by atoms with Crippen LogP contribution in [0.2, 0.25) is 0 Å². The Morgan fingerprint density at radius 2 is 1.93 bits per heavy atom. The Morgan fingerprint density at radius 3 is 2.72 bits per heavy atom. The number of hydrogen-bond acceptors (Lipinski definition) is 6. The molecule has 2 saturated heterocycles. The van der Waals surface area contributed by atoms with Gasteiger partial charge in [-0.25, -0.2) is 4.98 Å². The molecule has 3 fully saturated rings. The summed E-state index contributed by atoms with van der Waals surface area (Å²) in [7, 11) is 0. The molecule has 29 heavy (non-hydrogen) atoms. The van der Waals surface area contributed by atoms with E-state index in [1.54, 1.807) is 0 Å². The van der Waals surface area contributed by atoms with Gasteiger partial charge in [0.1, 0.15) is 10.1 Å². The van der Waals surface area contributed by atoms with E-state index in [1.165, 1.54) is 24.6 Å². The van der Waals surface area contributed by atoms with Crippen LogP contribution in [0.4, 0.5) is 5.82 Å². The monoisotopic (exact) mass is 425 g/mol. The lowest BCUT2D eigenvalue weighted by Gasteiger charge is -2.29. The van der Waals surface area contributed by atoms with Crippen LogP contribution in [0, 0.1) is 0 Å². The topological polar surface area (TPSA) is 45.7 Å². The minimum atomic E-state index is 0.0491. The molecule has 1 saturated carbocycles. The van der Waals surface area contributed by atoms with Gasteiger partial charge < -0.3 is 9.64 Å². The smallest absolute Gasteiger partial charge is 0.266 e. The van der Waals surface area contributed by atoms with E-state index in [-0.39, 0.29) is 11.9 Å². The van der Waals surface area contributed by atoms with E-state index in [0.29, 0.717) is 22.4 Å². The highest BCUT2D eigenvalue weighted by atomic mass is 32.2. The first-order valence-corrected chi connectivity index (χ1v) is 11.4. The zero-order valence-electron chi connectivity index (χ0n) is 16.2. The van der Waals surface area contributed by atoms with Gasteiger partial charge in [0, 0.05) is 30.1 Å². The molecule has 5 rings (SSSR count). The summed E-state index contributed by atoms with van der Waals surface area (Å²) in [6.07, 6.45) is 6.44. The maximum Gasteiger partial charge on any atom is 0.266 e. The molecule has 0 bridgehead atoms. The number of amides is 1. The average Bonchev–Trinajstić information content (AvgIpc) is 3.36. The van der Waals surface area contributed by atoms with Gasteiger partial charge in [-0.05, 0) is 31.1 Å². The first-order chi connectivity index (χ1) is 14.2. The van der Waals surface area contributed by atoms with Crippen molar-refractivity contribution in [3.63, 3.8) is 0 Å². The molecule has 7 heteroatoms. The van der Waals surface area contributed by atoms with Crippen molar-refractivity contribution in [2.24, 2.45) is 0 Å². The van der Waals surface area contributed by atoms with Crippen molar-refractivity contribution in [2.75, 3.05) is 31.2 Å². The number of ether oxygens (including phenoxy) is 1. The van der Waals surface area contributed by atoms with Gasteiger partial charge in [0.05, 0.1) is 23.6 Å². The van der Waals surface area contributed by atoms with Crippen LogP contribution in [0.25, 0.3) is 17.0 Å². The Kier molecular flexibility index (Phi) is 5.28. The molecule has 150 valence electrons. The fourth-order valence-corrected chi connectivity index (χ4v) is 5.75. The lowest BCUT2D eigenvalue weighted by atomic mass is 10.1. The highest BCUT2D eigenvalue weighted by Crippen LogP contribution is 2.39. The fourth-order valence-electron chi connectivity index (χ4n) is 4.36. The van der Waals surface area contributed by atoms with Crippen LogP contribution in [-0.4, -0.2) is 52.5 Å². The van der Waals surface area contributed by atoms with E-state index < -0.39 is 0 Å². The van der Waals surface area contributed by atoms with Gasteiger partial charge in [-0.1, -0.05) is 55.0 Å². The number of fused-ring (bicyclic) bond motifs is 1. The summed E-state index contributed by atoms with van der Waals surface area (Å²) in [5.41, 5.74) is 1.93. The lowest BCUT2D eigenvalue weighted by molar-refractivity contribution is -0.123. The average molecular weight is 426 g/mol. The molecule has 0 atom stereocenters. The molecule has 0 spiro atoms. The maximum atomic E-state index is 13.2. The molecule has 1 aliphatic carbocycles. The van der Waals surface area contributed by atoms with E-state index in [2.05, 4.69) is 17.0 Å². The summed E-state index contributed by atoms with van der Waals surface area (Å²) in [6.45, 7) is 2.99. The lowest BCUT2D eigenvalue weighted by Crippen LogP contribution is -2.37. The van der Waals surface area contributed by atoms with Crippen molar-refractivity contribution in [1.82, 2.24) is 9.88 Å². The third-order valence-corrected chi connectivity index (χ3v) is 7.17. The molecular formula is C22H23N3O2S2. The summed E-state index contributed by atoms with van der Waals surface area (Å²) in [5.74, 6) is 0.964. The minimum absolute atomic E-state index is 0.0491. The quantitative estimate of drug-likeness (QED) is 0.542. The fraction of sp³-hybridized carbons (Fsp3) is 0.409. The van der Waals surface area contributed by atoms with E-state index >= 15 is 0 Å². The first-order valence-electron chi connectivity index (χ1n) is 10.2. The van der Waals surface area contributed by atoms with E-state index in [0.717, 1.165) is 48.2 Å². The number of anilines is 1. The van der Waals surface area contributed by atoms with Crippen molar-refractivity contribution in [3.05, 3.63) is 40.8 Å². The van der Waals surface area contributed by atoms with E-state index in [9.17, 15) is 4.79 Å². The summed E-state index contributed by atoms with van der Waals surface area (Å²) in [5, 5.41) is 1.07. The number of carbonyl (C=O) groups excluding carboxylic acids is 1. The van der Waals surface area contributed by atoms with Crippen molar-refractivity contribution in [1.29, 1.82) is 0 Å². The summed E-state index contributed by atoms with van der Waals surface area (Å²) < 4.78 is 6.21. The number of aromatic nitrogens is 1. The number of para-hydroxylation sites is 1. The Balaban J connectivity index is 1.55. The molecule has 2 aromatic rings. The zero-order valence-corrected chi connectivity index (χ0v) is 17.8. The maximum absolute atomic E-state index is 13.2. The summed E-state index contributed by atoms with van der Waals surface area (Å²) in [4.78, 5) is 22.9. The number of pyridine rings is 1. The number of morpholine rings is 1. The van der Waals surface area contributed by atoms with Crippen LogP contribution in [0.5, 0.6) is 0 Å². The Morgan fingerprint density at radius 1 is 1.17 bits per heavy atom. The number of thiocarbonyl (C=S) groups is 1. The highest BCUT2D eigenvalue weighted by Gasteiger charge is 2.38. The van der Waals surface area contributed by atoms with Gasteiger partial charge in [0.25, 0.3) is 5.91 Å². The second-order valence-corrected chi connectivity index (χ2v) is 9.36. The van der Waals surface area contributed by atoms with Gasteiger partial charge in [-0.15, -0.1) is 0 Å². The van der Waals surface area contributed by atoms with Gasteiger partial charge in [0.15, 0.2) is 0 Å². The molecular weight excluding hydrogens is 402 g/mol. The molecule has 2 aliphatic heterocycles.